The van der Waals surface area contributed by atoms with E-state index in [-0.39, 0.29) is 40.5 Å². The minimum Gasteiger partial charge on any atom is -0.352 e. The number of nitrogens with one attached hydrogen (secondary N) is 1. The van der Waals surface area contributed by atoms with Gasteiger partial charge in [-0.2, -0.15) is 0 Å². The molecule has 0 unspecified atom stereocenters. The molecule has 0 heterocycles. The zero-order valence-corrected chi connectivity index (χ0v) is 27.7. The maximum atomic E-state index is 14.5. The normalized spacial score (nSPS) is 12.6. The summed E-state index contributed by atoms with van der Waals surface area (Å²) in [6, 6.07) is 29.2. The second-order valence-electron chi connectivity index (χ2n) is 11.3. The smallest absolute Gasteiger partial charge is 0.264 e. The van der Waals surface area contributed by atoms with Crippen molar-refractivity contribution in [1.82, 2.24) is 10.2 Å². The largest absolute Gasteiger partial charge is 0.352 e. The fourth-order valence-corrected chi connectivity index (χ4v) is 6.61. The van der Waals surface area contributed by atoms with Crippen molar-refractivity contribution in [2.45, 2.75) is 64.1 Å². The van der Waals surface area contributed by atoms with E-state index in [1.165, 1.54) is 17.0 Å². The topological polar surface area (TPSA) is 86.8 Å². The summed E-state index contributed by atoms with van der Waals surface area (Å²) in [5, 5.41) is 3.23. The molecule has 0 fully saturated rings. The van der Waals surface area contributed by atoms with E-state index in [0.717, 1.165) is 26.6 Å². The number of benzene rings is 4. The van der Waals surface area contributed by atoms with Gasteiger partial charge in [0.2, 0.25) is 11.8 Å². The van der Waals surface area contributed by atoms with Crippen molar-refractivity contribution < 1.29 is 18.0 Å². The first-order valence-corrected chi connectivity index (χ1v) is 16.8. The Labute approximate surface area is 271 Å². The fraction of sp³-hybridized carbons (Fsp3) is 0.278. The third-order valence-electron chi connectivity index (χ3n) is 7.75. The minimum absolute atomic E-state index is 0.0289. The number of anilines is 1. The van der Waals surface area contributed by atoms with Crippen LogP contribution < -0.4 is 9.62 Å². The number of carbonyl (C=O) groups excluding carboxylic acids is 2. The number of halogens is 1. The zero-order valence-electron chi connectivity index (χ0n) is 26.1. The van der Waals surface area contributed by atoms with Crippen molar-refractivity contribution in [3.63, 3.8) is 0 Å². The SMILES string of the molecule is CC[C@@H](C)NC(=O)[C@H](Cc1ccccc1)N(Cc1ccc(C)cc1)C(=O)CN(c1ccccc1Cl)S(=O)(=O)c1ccc(C)cc1. The van der Waals surface area contributed by atoms with E-state index in [1.54, 1.807) is 36.4 Å². The average Bonchev–Trinajstić information content (AvgIpc) is 3.03. The molecule has 4 aromatic rings. The summed E-state index contributed by atoms with van der Waals surface area (Å²) in [7, 11) is -4.23. The van der Waals surface area contributed by atoms with Crippen molar-refractivity contribution >= 4 is 39.1 Å². The van der Waals surface area contributed by atoms with E-state index < -0.39 is 28.5 Å². The summed E-state index contributed by atoms with van der Waals surface area (Å²) in [6.45, 7) is 7.27. The molecule has 4 rings (SSSR count). The summed E-state index contributed by atoms with van der Waals surface area (Å²) in [5.41, 5.74) is 3.82. The number of sulfonamides is 1. The van der Waals surface area contributed by atoms with Gasteiger partial charge in [-0.1, -0.05) is 109 Å². The summed E-state index contributed by atoms with van der Waals surface area (Å²) in [5.74, 6) is -0.842. The molecule has 0 saturated heterocycles. The maximum Gasteiger partial charge on any atom is 0.264 e. The van der Waals surface area contributed by atoms with E-state index in [2.05, 4.69) is 5.32 Å². The molecule has 0 aliphatic carbocycles. The highest BCUT2D eigenvalue weighted by Gasteiger charge is 2.35. The first-order valence-electron chi connectivity index (χ1n) is 15.0. The minimum atomic E-state index is -4.23. The van der Waals surface area contributed by atoms with Gasteiger partial charge in [-0.15, -0.1) is 0 Å². The molecular weight excluding hydrogens is 606 g/mol. The van der Waals surface area contributed by atoms with Crippen molar-refractivity contribution in [1.29, 1.82) is 0 Å². The molecule has 236 valence electrons. The highest BCUT2D eigenvalue weighted by molar-refractivity contribution is 7.92. The van der Waals surface area contributed by atoms with E-state index >= 15 is 0 Å². The van der Waals surface area contributed by atoms with Crippen LogP contribution in [0.4, 0.5) is 5.69 Å². The van der Waals surface area contributed by atoms with Gasteiger partial charge in [0, 0.05) is 19.0 Å². The van der Waals surface area contributed by atoms with Crippen LogP contribution in [0.15, 0.2) is 108 Å². The highest BCUT2D eigenvalue weighted by Crippen LogP contribution is 2.31. The van der Waals surface area contributed by atoms with Gasteiger partial charge in [-0.3, -0.25) is 13.9 Å². The van der Waals surface area contributed by atoms with Gasteiger partial charge in [0.25, 0.3) is 10.0 Å². The number of rotatable bonds is 13. The Balaban J connectivity index is 1.81. The van der Waals surface area contributed by atoms with Gasteiger partial charge in [0.15, 0.2) is 0 Å². The molecule has 7 nitrogen and oxygen atoms in total. The van der Waals surface area contributed by atoms with Crippen LogP contribution in [0.5, 0.6) is 0 Å². The average molecular weight is 646 g/mol. The lowest BCUT2D eigenvalue weighted by atomic mass is 10.0. The number of amides is 2. The third kappa shape index (κ3) is 8.74. The molecule has 2 atom stereocenters. The predicted molar refractivity (Wildman–Crippen MR) is 181 cm³/mol. The van der Waals surface area contributed by atoms with Crippen molar-refractivity contribution in [2.75, 3.05) is 10.8 Å². The zero-order chi connectivity index (χ0) is 32.6. The summed E-state index contributed by atoms with van der Waals surface area (Å²) >= 11 is 6.54. The Kier molecular flexibility index (Phi) is 11.4. The highest BCUT2D eigenvalue weighted by atomic mass is 35.5. The Morgan fingerprint density at radius 1 is 0.800 bits per heavy atom. The number of hydrogen-bond acceptors (Lipinski definition) is 4. The van der Waals surface area contributed by atoms with Crippen LogP contribution in [0, 0.1) is 13.8 Å². The molecule has 0 spiro atoms. The lowest BCUT2D eigenvalue weighted by molar-refractivity contribution is -0.140. The summed E-state index contributed by atoms with van der Waals surface area (Å²) in [4.78, 5) is 30.0. The molecule has 0 saturated carbocycles. The fourth-order valence-electron chi connectivity index (χ4n) is 4.89. The molecule has 0 aliphatic heterocycles. The lowest BCUT2D eigenvalue weighted by Gasteiger charge is -2.34. The number of carbonyl (C=O) groups is 2. The van der Waals surface area contributed by atoms with Gasteiger partial charge >= 0.3 is 0 Å². The monoisotopic (exact) mass is 645 g/mol. The van der Waals surface area contributed by atoms with E-state index in [0.29, 0.717) is 6.42 Å². The Hall–Kier alpha value is -4.14. The Morgan fingerprint density at radius 2 is 1.38 bits per heavy atom. The molecular formula is C36H40ClN3O4S. The van der Waals surface area contributed by atoms with Crippen LogP contribution in [0.3, 0.4) is 0 Å². The van der Waals surface area contributed by atoms with Crippen LogP contribution in [-0.2, 0) is 32.6 Å². The van der Waals surface area contributed by atoms with Crippen LogP contribution in [0.2, 0.25) is 5.02 Å². The molecule has 0 radical (unpaired) electrons. The van der Waals surface area contributed by atoms with Gasteiger partial charge in [-0.05, 0) is 62.6 Å². The Bertz CT molecular complexity index is 1690. The van der Waals surface area contributed by atoms with Crippen molar-refractivity contribution in [2.24, 2.45) is 0 Å². The molecule has 4 aromatic carbocycles. The van der Waals surface area contributed by atoms with Gasteiger partial charge in [0.05, 0.1) is 15.6 Å². The summed E-state index contributed by atoms with van der Waals surface area (Å²) < 4.78 is 29.3. The molecule has 45 heavy (non-hydrogen) atoms. The van der Waals surface area contributed by atoms with Crippen molar-refractivity contribution in [3.05, 3.63) is 130 Å². The van der Waals surface area contributed by atoms with Gasteiger partial charge < -0.3 is 10.2 Å². The molecule has 9 heteroatoms. The number of hydrogen-bond donors (Lipinski definition) is 1. The molecule has 2 amide bonds. The summed E-state index contributed by atoms with van der Waals surface area (Å²) in [6.07, 6.45) is 0.961. The number of nitrogens with zero attached hydrogens (tertiary/aromatic N) is 2. The first-order chi connectivity index (χ1) is 21.5. The van der Waals surface area contributed by atoms with Crippen LogP contribution in [0.1, 0.15) is 42.5 Å². The molecule has 0 aliphatic rings. The van der Waals surface area contributed by atoms with E-state index in [1.807, 2.05) is 82.3 Å². The molecule has 0 aromatic heterocycles. The van der Waals surface area contributed by atoms with Gasteiger partial charge in [0.1, 0.15) is 12.6 Å². The Morgan fingerprint density at radius 3 is 1.98 bits per heavy atom. The number of para-hydroxylation sites is 1. The van der Waals surface area contributed by atoms with Crippen molar-refractivity contribution in [3.8, 4) is 0 Å². The maximum absolute atomic E-state index is 14.5. The van der Waals surface area contributed by atoms with Crippen LogP contribution in [0.25, 0.3) is 0 Å². The number of aryl methyl sites for hydroxylation is 2. The quantitative estimate of drug-likeness (QED) is 0.175. The first kappa shape index (κ1) is 33.7. The second-order valence-corrected chi connectivity index (χ2v) is 13.6. The van der Waals surface area contributed by atoms with Crippen LogP contribution >= 0.6 is 11.6 Å². The third-order valence-corrected chi connectivity index (χ3v) is 9.85. The van der Waals surface area contributed by atoms with E-state index in [9.17, 15) is 18.0 Å². The second kappa shape index (κ2) is 15.2. The van der Waals surface area contributed by atoms with Gasteiger partial charge in [-0.25, -0.2) is 8.42 Å². The molecule has 0 bridgehead atoms. The standard InChI is InChI=1S/C36H40ClN3O4S/c1-5-28(4)38-36(42)34(23-29-11-7-6-8-12-29)39(24-30-19-15-26(2)16-20-30)35(41)25-40(33-14-10-9-13-32(33)37)45(43,44)31-21-17-27(3)18-22-31/h6-22,28,34H,5,23-25H2,1-4H3,(H,38,42)/t28-,34+/m1/s1. The van der Waals surface area contributed by atoms with E-state index in [4.69, 9.17) is 11.6 Å². The van der Waals surface area contributed by atoms with Crippen LogP contribution in [-0.4, -0.2) is 43.8 Å². The lowest BCUT2D eigenvalue weighted by Crippen LogP contribution is -2.54. The molecule has 1 N–H and O–H groups in total. The predicted octanol–water partition coefficient (Wildman–Crippen LogP) is 6.71.